The van der Waals surface area contributed by atoms with Crippen molar-refractivity contribution in [1.29, 1.82) is 0 Å². The van der Waals surface area contributed by atoms with Gasteiger partial charge in [-0.3, -0.25) is 4.90 Å². The molecule has 0 saturated carbocycles. The van der Waals surface area contributed by atoms with E-state index in [1.165, 1.54) is 24.2 Å². The summed E-state index contributed by atoms with van der Waals surface area (Å²) in [5.41, 5.74) is 0. The second-order valence-corrected chi connectivity index (χ2v) is 3.82. The van der Waals surface area contributed by atoms with Crippen LogP contribution in [0.25, 0.3) is 0 Å². The molecule has 0 aromatic rings. The molecule has 1 aliphatic heterocycles. The molecule has 1 fully saturated rings. The second-order valence-electron chi connectivity index (χ2n) is 3.82. The molecule has 1 N–H and O–H groups in total. The lowest BCUT2D eigenvalue weighted by atomic mass is 10.2. The van der Waals surface area contributed by atoms with Gasteiger partial charge in [0.2, 0.25) is 0 Å². The van der Waals surface area contributed by atoms with Gasteiger partial charge in [0, 0.05) is 26.2 Å². The van der Waals surface area contributed by atoms with E-state index >= 15 is 0 Å². The minimum Gasteiger partial charge on any atom is -0.465 e. The fourth-order valence-corrected chi connectivity index (χ4v) is 1.75. The van der Waals surface area contributed by atoms with Gasteiger partial charge in [-0.05, 0) is 13.0 Å². The van der Waals surface area contributed by atoms with Crippen LogP contribution in [0.15, 0.2) is 0 Å². The minimum absolute atomic E-state index is 0.668. The van der Waals surface area contributed by atoms with Crippen LogP contribution in [0.2, 0.25) is 0 Å². The Labute approximate surface area is 85.5 Å². The van der Waals surface area contributed by atoms with Crippen LogP contribution in [-0.2, 0) is 0 Å². The van der Waals surface area contributed by atoms with Crippen LogP contribution in [0.5, 0.6) is 0 Å². The van der Waals surface area contributed by atoms with Crippen LogP contribution in [0, 0.1) is 0 Å². The van der Waals surface area contributed by atoms with Crippen LogP contribution in [0.4, 0.5) is 4.79 Å². The average Bonchev–Trinajstić information content (AvgIpc) is 2.19. The molecule has 0 radical (unpaired) electrons. The molecular formula is C10H20N2O2. The Morgan fingerprint density at radius 3 is 2.36 bits per heavy atom. The average molecular weight is 200 g/mol. The third-order valence-electron chi connectivity index (χ3n) is 2.72. The molecule has 1 aliphatic rings. The number of carbonyl (C=O) groups is 1. The van der Waals surface area contributed by atoms with Crippen molar-refractivity contribution in [2.24, 2.45) is 0 Å². The van der Waals surface area contributed by atoms with Gasteiger partial charge in [-0.25, -0.2) is 4.79 Å². The van der Waals surface area contributed by atoms with E-state index in [1.807, 2.05) is 0 Å². The lowest BCUT2D eigenvalue weighted by Gasteiger charge is -2.32. The first-order valence-electron chi connectivity index (χ1n) is 5.44. The smallest absolute Gasteiger partial charge is 0.407 e. The van der Waals surface area contributed by atoms with E-state index in [0.29, 0.717) is 13.1 Å². The van der Waals surface area contributed by atoms with E-state index in [0.717, 1.165) is 19.6 Å². The van der Waals surface area contributed by atoms with Gasteiger partial charge < -0.3 is 10.0 Å². The molecular weight excluding hydrogens is 180 g/mol. The monoisotopic (exact) mass is 200 g/mol. The lowest BCUT2D eigenvalue weighted by Crippen LogP contribution is -2.48. The molecule has 0 spiro atoms. The highest BCUT2D eigenvalue weighted by Gasteiger charge is 2.19. The number of piperazine rings is 1. The van der Waals surface area contributed by atoms with E-state index in [4.69, 9.17) is 5.11 Å². The van der Waals surface area contributed by atoms with Gasteiger partial charge in [-0.1, -0.05) is 19.8 Å². The van der Waals surface area contributed by atoms with Gasteiger partial charge in [0.1, 0.15) is 0 Å². The highest BCUT2D eigenvalue weighted by Crippen LogP contribution is 2.04. The first-order chi connectivity index (χ1) is 6.74. The maximum Gasteiger partial charge on any atom is 0.407 e. The van der Waals surface area contributed by atoms with Gasteiger partial charge in [-0.2, -0.15) is 0 Å². The highest BCUT2D eigenvalue weighted by atomic mass is 16.4. The summed E-state index contributed by atoms with van der Waals surface area (Å²) in [6.07, 6.45) is 2.98. The molecule has 14 heavy (non-hydrogen) atoms. The first-order valence-corrected chi connectivity index (χ1v) is 5.44. The molecule has 1 rings (SSSR count). The van der Waals surface area contributed by atoms with Gasteiger partial charge in [0.25, 0.3) is 0 Å². The minimum atomic E-state index is -0.779. The molecule has 0 unspecified atom stereocenters. The fourth-order valence-electron chi connectivity index (χ4n) is 1.75. The topological polar surface area (TPSA) is 43.8 Å². The van der Waals surface area contributed by atoms with Gasteiger partial charge in [0.15, 0.2) is 0 Å². The summed E-state index contributed by atoms with van der Waals surface area (Å²) >= 11 is 0. The Hall–Kier alpha value is -0.770. The Morgan fingerprint density at radius 1 is 1.21 bits per heavy atom. The van der Waals surface area contributed by atoms with Gasteiger partial charge in [-0.15, -0.1) is 0 Å². The molecule has 4 heteroatoms. The van der Waals surface area contributed by atoms with Crippen molar-refractivity contribution in [1.82, 2.24) is 9.80 Å². The van der Waals surface area contributed by atoms with Crippen molar-refractivity contribution in [3.8, 4) is 0 Å². The normalized spacial score (nSPS) is 18.5. The number of carboxylic acid groups (broad SMARTS) is 1. The van der Waals surface area contributed by atoms with E-state index in [-0.39, 0.29) is 0 Å². The van der Waals surface area contributed by atoms with Crippen molar-refractivity contribution in [2.45, 2.75) is 26.2 Å². The zero-order valence-corrected chi connectivity index (χ0v) is 8.91. The maximum atomic E-state index is 10.6. The van der Waals surface area contributed by atoms with Crippen molar-refractivity contribution in [2.75, 3.05) is 32.7 Å². The molecule has 1 heterocycles. The molecule has 82 valence electrons. The summed E-state index contributed by atoms with van der Waals surface area (Å²) in [7, 11) is 0. The third-order valence-corrected chi connectivity index (χ3v) is 2.72. The van der Waals surface area contributed by atoms with Crippen LogP contribution in [-0.4, -0.2) is 53.7 Å². The molecule has 0 aromatic heterocycles. The largest absolute Gasteiger partial charge is 0.465 e. The highest BCUT2D eigenvalue weighted by molar-refractivity contribution is 5.65. The van der Waals surface area contributed by atoms with Crippen LogP contribution in [0.3, 0.4) is 0 Å². The van der Waals surface area contributed by atoms with E-state index in [1.54, 1.807) is 0 Å². The maximum absolute atomic E-state index is 10.6. The molecule has 1 saturated heterocycles. The summed E-state index contributed by atoms with van der Waals surface area (Å²) in [6, 6.07) is 0. The standard InChI is InChI=1S/C10H20N2O2/c1-2-3-4-5-11-6-8-12(9-7-11)10(13)14/h2-9H2,1H3,(H,13,14). The number of nitrogens with zero attached hydrogens (tertiary/aromatic N) is 2. The number of hydrogen-bond donors (Lipinski definition) is 1. The first kappa shape index (κ1) is 11.3. The molecule has 1 amide bonds. The lowest BCUT2D eigenvalue weighted by molar-refractivity contribution is 0.105. The Kier molecular flexibility index (Phi) is 4.73. The predicted molar refractivity (Wildman–Crippen MR) is 55.6 cm³/mol. The van der Waals surface area contributed by atoms with E-state index in [9.17, 15) is 4.79 Å². The van der Waals surface area contributed by atoms with Crippen molar-refractivity contribution >= 4 is 6.09 Å². The van der Waals surface area contributed by atoms with Crippen LogP contribution in [0.1, 0.15) is 26.2 Å². The van der Waals surface area contributed by atoms with Crippen molar-refractivity contribution < 1.29 is 9.90 Å². The summed E-state index contributed by atoms with van der Waals surface area (Å²) in [5.74, 6) is 0. The van der Waals surface area contributed by atoms with Crippen molar-refractivity contribution in [3.05, 3.63) is 0 Å². The number of rotatable bonds is 4. The fraction of sp³-hybridized carbons (Fsp3) is 0.900. The molecule has 4 nitrogen and oxygen atoms in total. The summed E-state index contributed by atoms with van der Waals surface area (Å²) in [6.45, 7) is 6.46. The van der Waals surface area contributed by atoms with E-state index < -0.39 is 6.09 Å². The van der Waals surface area contributed by atoms with Gasteiger partial charge >= 0.3 is 6.09 Å². The second kappa shape index (κ2) is 5.86. The number of hydrogen-bond acceptors (Lipinski definition) is 2. The van der Waals surface area contributed by atoms with Gasteiger partial charge in [0.05, 0.1) is 0 Å². The molecule has 0 aliphatic carbocycles. The molecule has 0 bridgehead atoms. The van der Waals surface area contributed by atoms with Crippen LogP contribution < -0.4 is 0 Å². The number of amides is 1. The predicted octanol–water partition coefficient (Wildman–Crippen LogP) is 1.47. The Bertz CT molecular complexity index is 177. The van der Waals surface area contributed by atoms with Crippen LogP contribution >= 0.6 is 0 Å². The molecule has 0 aromatic carbocycles. The summed E-state index contributed by atoms with van der Waals surface area (Å²) in [4.78, 5) is 14.5. The summed E-state index contributed by atoms with van der Waals surface area (Å²) in [5, 5.41) is 8.75. The third kappa shape index (κ3) is 3.54. The quantitative estimate of drug-likeness (QED) is 0.699. The van der Waals surface area contributed by atoms with Crippen molar-refractivity contribution in [3.63, 3.8) is 0 Å². The zero-order valence-electron chi connectivity index (χ0n) is 8.91. The zero-order chi connectivity index (χ0) is 10.4. The van der Waals surface area contributed by atoms with E-state index in [2.05, 4.69) is 11.8 Å². The number of unbranched alkanes of at least 4 members (excludes halogenated alkanes) is 2. The Morgan fingerprint density at radius 2 is 1.86 bits per heavy atom. The molecule has 0 atom stereocenters. The summed E-state index contributed by atoms with van der Waals surface area (Å²) < 4.78 is 0. The SMILES string of the molecule is CCCCCN1CCN(C(=O)O)CC1. The Balaban J connectivity index is 2.12.